The zero-order chi connectivity index (χ0) is 13.2. The van der Waals surface area contributed by atoms with Gasteiger partial charge in [-0.05, 0) is 40.9 Å². The van der Waals surface area contributed by atoms with Gasteiger partial charge in [-0.25, -0.2) is 4.68 Å². The minimum atomic E-state index is -0.0737. The lowest BCUT2D eigenvalue weighted by atomic mass is 10.2. The molecule has 2 aromatic rings. The second-order valence-corrected chi connectivity index (χ2v) is 7.12. The topological polar surface area (TPSA) is 46.9 Å². The maximum atomic E-state index is 12.1. The van der Waals surface area contributed by atoms with Gasteiger partial charge in [0, 0.05) is 6.07 Å². The Balaban J connectivity index is 1.76. The molecule has 4 nitrogen and oxygen atoms in total. The van der Waals surface area contributed by atoms with Crippen LogP contribution in [0, 0.1) is 0 Å². The molecule has 0 bridgehead atoms. The second kappa shape index (κ2) is 5.46. The van der Waals surface area contributed by atoms with Crippen LogP contribution in [-0.4, -0.2) is 15.7 Å². The van der Waals surface area contributed by atoms with E-state index in [2.05, 4.69) is 26.3 Å². The largest absolute Gasteiger partial charge is 0.306 e. The van der Waals surface area contributed by atoms with Crippen molar-refractivity contribution in [1.82, 2.24) is 9.78 Å². The number of amides is 1. The quantitative estimate of drug-likeness (QED) is 0.915. The van der Waals surface area contributed by atoms with Crippen LogP contribution in [-0.2, 0) is 0 Å². The first-order chi connectivity index (χ1) is 9.24. The fourth-order valence-corrected chi connectivity index (χ4v) is 3.75. The van der Waals surface area contributed by atoms with Gasteiger partial charge in [0.1, 0.15) is 5.82 Å². The lowest BCUT2D eigenvalue weighted by molar-refractivity contribution is 0.102. The average molecular weight is 340 g/mol. The predicted molar refractivity (Wildman–Crippen MR) is 79.7 cm³/mol. The molecule has 19 heavy (non-hydrogen) atoms. The van der Waals surface area contributed by atoms with E-state index in [1.165, 1.54) is 24.2 Å². The van der Waals surface area contributed by atoms with Crippen molar-refractivity contribution in [2.75, 3.05) is 5.32 Å². The second-order valence-electron chi connectivity index (χ2n) is 4.66. The monoisotopic (exact) mass is 339 g/mol. The number of aromatic nitrogens is 2. The molecule has 2 aromatic heterocycles. The van der Waals surface area contributed by atoms with Crippen LogP contribution < -0.4 is 5.32 Å². The van der Waals surface area contributed by atoms with Crippen LogP contribution >= 0.6 is 27.3 Å². The van der Waals surface area contributed by atoms with Crippen LogP contribution in [0.15, 0.2) is 28.2 Å². The van der Waals surface area contributed by atoms with Gasteiger partial charge in [-0.3, -0.25) is 4.79 Å². The summed E-state index contributed by atoms with van der Waals surface area (Å²) >= 11 is 4.80. The molecule has 1 aliphatic carbocycles. The number of carbonyl (C=O) groups excluding carboxylic acids is 1. The summed E-state index contributed by atoms with van der Waals surface area (Å²) < 4.78 is 2.91. The smallest absolute Gasteiger partial charge is 0.266 e. The maximum Gasteiger partial charge on any atom is 0.266 e. The van der Waals surface area contributed by atoms with Gasteiger partial charge in [0.05, 0.1) is 20.9 Å². The van der Waals surface area contributed by atoms with Crippen molar-refractivity contribution in [3.63, 3.8) is 0 Å². The number of carbonyl (C=O) groups is 1. The summed E-state index contributed by atoms with van der Waals surface area (Å²) in [6.45, 7) is 0. The summed E-state index contributed by atoms with van der Waals surface area (Å²) in [5.41, 5.74) is 0. The minimum absolute atomic E-state index is 0.0737. The van der Waals surface area contributed by atoms with E-state index in [9.17, 15) is 4.79 Å². The molecule has 0 saturated heterocycles. The van der Waals surface area contributed by atoms with Crippen molar-refractivity contribution in [1.29, 1.82) is 0 Å². The number of hydrogen-bond acceptors (Lipinski definition) is 3. The van der Waals surface area contributed by atoms with Crippen LogP contribution in [0.2, 0.25) is 0 Å². The molecule has 1 aliphatic rings. The fourth-order valence-electron chi connectivity index (χ4n) is 2.47. The third-order valence-corrected chi connectivity index (χ3v) is 5.00. The molecule has 2 heterocycles. The van der Waals surface area contributed by atoms with Gasteiger partial charge in [-0.1, -0.05) is 12.8 Å². The highest BCUT2D eigenvalue weighted by atomic mass is 79.9. The molecule has 0 spiro atoms. The van der Waals surface area contributed by atoms with Gasteiger partial charge in [-0.15, -0.1) is 11.3 Å². The van der Waals surface area contributed by atoms with Gasteiger partial charge in [0.25, 0.3) is 5.91 Å². The first kappa shape index (κ1) is 12.9. The number of anilines is 1. The molecule has 6 heteroatoms. The highest BCUT2D eigenvalue weighted by Crippen LogP contribution is 2.31. The Hall–Kier alpha value is -1.14. The molecule has 0 radical (unpaired) electrons. The van der Waals surface area contributed by atoms with Crippen molar-refractivity contribution >= 4 is 39.0 Å². The summed E-state index contributed by atoms with van der Waals surface area (Å²) in [4.78, 5) is 12.8. The number of halogens is 1. The third-order valence-electron chi connectivity index (χ3n) is 3.38. The molecule has 1 N–H and O–H groups in total. The molecule has 0 unspecified atom stereocenters. The Kier molecular flexibility index (Phi) is 3.70. The lowest BCUT2D eigenvalue weighted by Crippen LogP contribution is -2.16. The fraction of sp³-hybridized carbons (Fsp3) is 0.385. The number of thiophene rings is 1. The van der Waals surface area contributed by atoms with E-state index in [1.807, 2.05) is 22.9 Å². The molecule has 0 aromatic carbocycles. The number of nitrogens with one attached hydrogen (secondary N) is 1. The third kappa shape index (κ3) is 2.74. The molecule has 1 amide bonds. The molecule has 0 atom stereocenters. The molecular weight excluding hydrogens is 326 g/mol. The molecule has 1 fully saturated rings. The van der Waals surface area contributed by atoms with E-state index in [0.29, 0.717) is 10.9 Å². The van der Waals surface area contributed by atoms with Crippen LogP contribution in [0.5, 0.6) is 0 Å². The van der Waals surface area contributed by atoms with Crippen molar-refractivity contribution in [2.24, 2.45) is 0 Å². The van der Waals surface area contributed by atoms with E-state index in [0.717, 1.165) is 22.4 Å². The zero-order valence-electron chi connectivity index (χ0n) is 10.3. The predicted octanol–water partition coefficient (Wildman–Crippen LogP) is 4.07. The molecule has 100 valence electrons. The number of nitrogens with zero attached hydrogens (tertiary/aromatic N) is 2. The molecule has 3 rings (SSSR count). The number of rotatable bonds is 3. The van der Waals surface area contributed by atoms with Gasteiger partial charge in [0.15, 0.2) is 0 Å². The van der Waals surface area contributed by atoms with E-state index >= 15 is 0 Å². The Morgan fingerprint density at radius 2 is 2.16 bits per heavy atom. The standard InChI is InChI=1S/C13H14BrN3OS/c14-11-6-5-10(19-11)13(18)16-12-7-8-15-17(12)9-3-1-2-4-9/h5-9H,1-4H2,(H,16,18). The van der Waals surface area contributed by atoms with E-state index in [1.54, 1.807) is 6.20 Å². The summed E-state index contributed by atoms with van der Waals surface area (Å²) in [5, 5.41) is 7.29. The van der Waals surface area contributed by atoms with Crippen molar-refractivity contribution in [3.8, 4) is 0 Å². The summed E-state index contributed by atoms with van der Waals surface area (Å²) in [5.74, 6) is 0.719. The molecular formula is C13H14BrN3OS. The average Bonchev–Trinajstić information content (AvgIpc) is 3.07. The maximum absolute atomic E-state index is 12.1. The number of hydrogen-bond donors (Lipinski definition) is 1. The van der Waals surface area contributed by atoms with Gasteiger partial charge >= 0.3 is 0 Å². The van der Waals surface area contributed by atoms with E-state index in [-0.39, 0.29) is 5.91 Å². The first-order valence-corrected chi connectivity index (χ1v) is 7.95. The van der Waals surface area contributed by atoms with Crippen LogP contribution in [0.3, 0.4) is 0 Å². The molecule has 1 saturated carbocycles. The van der Waals surface area contributed by atoms with Crippen LogP contribution in [0.25, 0.3) is 0 Å². The van der Waals surface area contributed by atoms with Crippen LogP contribution in [0.1, 0.15) is 41.4 Å². The van der Waals surface area contributed by atoms with Gasteiger partial charge < -0.3 is 5.32 Å². The summed E-state index contributed by atoms with van der Waals surface area (Å²) in [6, 6.07) is 5.99. The lowest BCUT2D eigenvalue weighted by Gasteiger charge is -2.14. The summed E-state index contributed by atoms with van der Waals surface area (Å²) in [6.07, 6.45) is 6.54. The van der Waals surface area contributed by atoms with Gasteiger partial charge in [-0.2, -0.15) is 5.10 Å². The molecule has 0 aliphatic heterocycles. The normalized spacial score (nSPS) is 15.8. The SMILES string of the molecule is O=C(Nc1ccnn1C1CCCC1)c1ccc(Br)s1. The highest BCUT2D eigenvalue weighted by molar-refractivity contribution is 9.11. The van der Waals surface area contributed by atoms with Crippen LogP contribution in [0.4, 0.5) is 5.82 Å². The van der Waals surface area contributed by atoms with E-state index in [4.69, 9.17) is 0 Å². The Labute approximate surface area is 123 Å². The van der Waals surface area contributed by atoms with Crippen molar-refractivity contribution in [2.45, 2.75) is 31.7 Å². The Bertz CT molecular complexity index is 586. The minimum Gasteiger partial charge on any atom is -0.306 e. The first-order valence-electron chi connectivity index (χ1n) is 6.34. The Morgan fingerprint density at radius 1 is 1.37 bits per heavy atom. The van der Waals surface area contributed by atoms with Gasteiger partial charge in [0.2, 0.25) is 0 Å². The van der Waals surface area contributed by atoms with Crippen molar-refractivity contribution in [3.05, 3.63) is 33.1 Å². The highest BCUT2D eigenvalue weighted by Gasteiger charge is 2.21. The summed E-state index contributed by atoms with van der Waals surface area (Å²) in [7, 11) is 0. The Morgan fingerprint density at radius 3 is 2.84 bits per heavy atom. The zero-order valence-corrected chi connectivity index (χ0v) is 12.7. The van der Waals surface area contributed by atoms with Crippen molar-refractivity contribution < 1.29 is 4.79 Å². The van der Waals surface area contributed by atoms with E-state index < -0.39 is 0 Å².